The van der Waals surface area contributed by atoms with Crippen LogP contribution >= 0.6 is 31.9 Å². The van der Waals surface area contributed by atoms with Crippen molar-refractivity contribution in [1.82, 2.24) is 9.97 Å². The number of benzene rings is 1. The highest BCUT2D eigenvalue weighted by molar-refractivity contribution is 9.11. The third-order valence-electron chi connectivity index (χ3n) is 2.22. The molecule has 1 aromatic carbocycles. The van der Waals surface area contributed by atoms with Crippen molar-refractivity contribution in [3.05, 3.63) is 51.0 Å². The first-order chi connectivity index (χ1) is 9.35. The van der Waals surface area contributed by atoms with Crippen LogP contribution in [0.1, 0.15) is 5.56 Å². The Kier molecular flexibility index (Phi) is 4.71. The van der Waals surface area contributed by atoms with Gasteiger partial charge in [-0.3, -0.25) is 4.72 Å². The van der Waals surface area contributed by atoms with Crippen molar-refractivity contribution in [2.24, 2.45) is 0 Å². The lowest BCUT2D eigenvalue weighted by molar-refractivity contribution is 0.599. The van der Waals surface area contributed by atoms with Gasteiger partial charge in [-0.1, -0.05) is 12.1 Å². The van der Waals surface area contributed by atoms with Gasteiger partial charge in [0.15, 0.2) is 10.4 Å². The van der Waals surface area contributed by atoms with E-state index < -0.39 is 15.8 Å². The van der Waals surface area contributed by atoms with Crippen LogP contribution in [0.2, 0.25) is 0 Å². The third kappa shape index (κ3) is 4.22. The fraction of sp³-hybridized carbons (Fsp3) is 0.0909. The van der Waals surface area contributed by atoms with Gasteiger partial charge in [-0.25, -0.2) is 22.8 Å². The zero-order valence-corrected chi connectivity index (χ0v) is 13.8. The van der Waals surface area contributed by atoms with E-state index in [2.05, 4.69) is 46.5 Å². The van der Waals surface area contributed by atoms with Crippen LogP contribution in [0.3, 0.4) is 0 Å². The molecule has 2 rings (SSSR count). The number of hydrogen-bond donors (Lipinski definition) is 1. The number of aromatic nitrogens is 2. The van der Waals surface area contributed by atoms with Crippen molar-refractivity contribution >= 4 is 47.7 Å². The summed E-state index contributed by atoms with van der Waals surface area (Å²) in [4.78, 5) is 7.88. The average Bonchev–Trinajstić information content (AvgIpc) is 2.35. The molecular weight excluding hydrogens is 417 g/mol. The van der Waals surface area contributed by atoms with Gasteiger partial charge >= 0.3 is 0 Å². The highest BCUT2D eigenvalue weighted by Crippen LogP contribution is 2.21. The molecule has 20 heavy (non-hydrogen) atoms. The van der Waals surface area contributed by atoms with Gasteiger partial charge in [0.25, 0.3) is 0 Å². The predicted octanol–water partition coefficient (Wildman–Crippen LogP) is 3.08. The van der Waals surface area contributed by atoms with Crippen molar-refractivity contribution in [1.29, 1.82) is 0 Å². The molecule has 0 aliphatic carbocycles. The number of nitrogens with zero attached hydrogens (tertiary/aromatic N) is 2. The fourth-order valence-corrected chi connectivity index (χ4v) is 3.59. The Hall–Kier alpha value is -1.06. The van der Waals surface area contributed by atoms with Crippen molar-refractivity contribution in [2.75, 3.05) is 4.72 Å². The number of halogens is 3. The lowest BCUT2D eigenvalue weighted by atomic mass is 10.2. The largest absolute Gasteiger partial charge is 0.265 e. The molecule has 1 heterocycles. The molecule has 0 aliphatic heterocycles. The van der Waals surface area contributed by atoms with Crippen molar-refractivity contribution in [3.63, 3.8) is 0 Å². The Balaban J connectivity index is 2.17. The molecule has 0 unspecified atom stereocenters. The van der Waals surface area contributed by atoms with Crippen LogP contribution in [0.4, 0.5) is 10.2 Å². The van der Waals surface area contributed by atoms with Gasteiger partial charge in [0, 0.05) is 0 Å². The Morgan fingerprint density at radius 2 is 1.85 bits per heavy atom. The molecule has 1 N–H and O–H groups in total. The number of sulfonamides is 1. The highest BCUT2D eigenvalue weighted by atomic mass is 79.9. The minimum absolute atomic E-state index is 0.0929. The molecule has 9 heteroatoms. The lowest BCUT2D eigenvalue weighted by Gasteiger charge is -2.08. The Morgan fingerprint density at radius 1 is 1.20 bits per heavy atom. The van der Waals surface area contributed by atoms with E-state index in [9.17, 15) is 12.8 Å². The minimum Gasteiger partial charge on any atom is -0.265 e. The van der Waals surface area contributed by atoms with E-state index in [1.165, 1.54) is 30.5 Å². The molecule has 0 aliphatic rings. The quantitative estimate of drug-likeness (QED) is 0.818. The van der Waals surface area contributed by atoms with E-state index in [0.717, 1.165) is 0 Å². The molecule has 106 valence electrons. The van der Waals surface area contributed by atoms with E-state index in [1.54, 1.807) is 0 Å². The molecule has 0 fully saturated rings. The molecular formula is C11H8Br2FN3O2S. The first-order valence-electron chi connectivity index (χ1n) is 5.29. The zero-order valence-electron chi connectivity index (χ0n) is 9.85. The third-order valence-corrected chi connectivity index (χ3v) is 4.38. The van der Waals surface area contributed by atoms with Gasteiger partial charge in [0.1, 0.15) is 10.4 Å². The Bertz CT molecular complexity index is 723. The second kappa shape index (κ2) is 6.15. The summed E-state index contributed by atoms with van der Waals surface area (Å²) < 4.78 is 39.8. The van der Waals surface area contributed by atoms with Crippen LogP contribution < -0.4 is 4.72 Å². The van der Waals surface area contributed by atoms with Crippen LogP contribution in [0.5, 0.6) is 0 Å². The van der Waals surface area contributed by atoms with Crippen molar-refractivity contribution in [3.8, 4) is 0 Å². The lowest BCUT2D eigenvalue weighted by Crippen LogP contribution is -2.16. The van der Waals surface area contributed by atoms with E-state index >= 15 is 0 Å². The van der Waals surface area contributed by atoms with Crippen LogP contribution in [0.25, 0.3) is 0 Å². The molecule has 0 bridgehead atoms. The van der Waals surface area contributed by atoms with Crippen LogP contribution in [0, 0.1) is 5.82 Å². The summed E-state index contributed by atoms with van der Waals surface area (Å²) in [7, 11) is -3.66. The topological polar surface area (TPSA) is 72.0 Å². The summed E-state index contributed by atoms with van der Waals surface area (Å²) in [6.45, 7) is 0. The summed E-state index contributed by atoms with van der Waals surface area (Å²) in [5.41, 5.74) is 0.472. The second-order valence-electron chi connectivity index (χ2n) is 3.82. The molecule has 0 atom stereocenters. The monoisotopic (exact) mass is 423 g/mol. The molecule has 0 radical (unpaired) electrons. The standard InChI is InChI=1S/C11H8Br2FN3O2S/c12-9-5-15-11(10(13)16-9)17-20(18,19)6-7-1-3-8(14)4-2-7/h1-5H,6H2,(H,15,17). The normalized spacial score (nSPS) is 11.3. The molecule has 0 amide bonds. The predicted molar refractivity (Wildman–Crippen MR) is 80.1 cm³/mol. The van der Waals surface area contributed by atoms with E-state index in [-0.39, 0.29) is 16.2 Å². The van der Waals surface area contributed by atoms with Gasteiger partial charge in [-0.05, 0) is 49.6 Å². The maximum Gasteiger partial charge on any atom is 0.238 e. The van der Waals surface area contributed by atoms with E-state index in [4.69, 9.17) is 0 Å². The molecule has 1 aromatic heterocycles. The molecule has 2 aromatic rings. The summed E-state index contributed by atoms with van der Waals surface area (Å²) in [6.07, 6.45) is 1.38. The first kappa shape index (κ1) is 15.3. The number of rotatable bonds is 4. The van der Waals surface area contributed by atoms with Crippen LogP contribution in [-0.4, -0.2) is 18.4 Å². The Labute approximate surface area is 132 Å². The van der Waals surface area contributed by atoms with E-state index in [1.807, 2.05) is 0 Å². The number of hydrogen-bond acceptors (Lipinski definition) is 4. The minimum atomic E-state index is -3.66. The second-order valence-corrected chi connectivity index (χ2v) is 7.11. The summed E-state index contributed by atoms with van der Waals surface area (Å²) in [5.74, 6) is -0.603. The number of nitrogens with one attached hydrogen (secondary N) is 1. The highest BCUT2D eigenvalue weighted by Gasteiger charge is 2.15. The van der Waals surface area contributed by atoms with E-state index in [0.29, 0.717) is 10.2 Å². The molecule has 0 saturated carbocycles. The van der Waals surface area contributed by atoms with Gasteiger partial charge in [-0.2, -0.15) is 0 Å². The van der Waals surface area contributed by atoms with Gasteiger partial charge < -0.3 is 0 Å². The molecule has 0 saturated heterocycles. The SMILES string of the molecule is O=S(=O)(Cc1ccc(F)cc1)Nc1ncc(Br)nc1Br. The van der Waals surface area contributed by atoms with Crippen molar-refractivity contribution in [2.45, 2.75) is 5.75 Å². The smallest absolute Gasteiger partial charge is 0.238 e. The van der Waals surface area contributed by atoms with Crippen LogP contribution in [0.15, 0.2) is 39.7 Å². The Morgan fingerprint density at radius 3 is 2.45 bits per heavy atom. The molecule has 5 nitrogen and oxygen atoms in total. The maximum absolute atomic E-state index is 12.8. The van der Waals surface area contributed by atoms with Crippen LogP contribution in [-0.2, 0) is 15.8 Å². The number of anilines is 1. The van der Waals surface area contributed by atoms with Gasteiger partial charge in [0.2, 0.25) is 10.0 Å². The molecule has 0 spiro atoms. The maximum atomic E-state index is 12.8. The summed E-state index contributed by atoms with van der Waals surface area (Å²) in [6, 6.07) is 5.24. The zero-order chi connectivity index (χ0) is 14.8. The van der Waals surface area contributed by atoms with Gasteiger partial charge in [-0.15, -0.1) is 0 Å². The van der Waals surface area contributed by atoms with Gasteiger partial charge in [0.05, 0.1) is 11.9 Å². The average molecular weight is 425 g/mol. The summed E-state index contributed by atoms with van der Waals surface area (Å²) >= 11 is 6.23. The fourth-order valence-electron chi connectivity index (χ4n) is 1.40. The summed E-state index contributed by atoms with van der Waals surface area (Å²) in [5, 5.41) is 0. The first-order valence-corrected chi connectivity index (χ1v) is 8.52. The van der Waals surface area contributed by atoms with Crippen molar-refractivity contribution < 1.29 is 12.8 Å².